The van der Waals surface area contributed by atoms with Gasteiger partial charge in [0.25, 0.3) is 0 Å². The lowest BCUT2D eigenvalue weighted by atomic mass is 9.95. The summed E-state index contributed by atoms with van der Waals surface area (Å²) in [7, 11) is 0. The van der Waals surface area contributed by atoms with Gasteiger partial charge in [0.2, 0.25) is 5.91 Å². The van der Waals surface area contributed by atoms with Crippen molar-refractivity contribution in [2.75, 3.05) is 0 Å². The Morgan fingerprint density at radius 1 is 1.38 bits per heavy atom. The first kappa shape index (κ1) is 15.4. The average Bonchev–Trinajstić information content (AvgIpc) is 3.09. The number of thioether (sulfide) groups is 1. The molecule has 2 aliphatic rings. The topological polar surface area (TPSA) is 110 Å². The van der Waals surface area contributed by atoms with Gasteiger partial charge in [0.1, 0.15) is 23.2 Å². The second kappa shape index (κ2) is 5.18. The van der Waals surface area contributed by atoms with Crippen LogP contribution in [0.3, 0.4) is 0 Å². The molecule has 0 bridgehead atoms. The number of amides is 1. The van der Waals surface area contributed by atoms with Gasteiger partial charge in [-0.2, -0.15) is 0 Å². The number of hydrogen-bond acceptors (Lipinski definition) is 7. The zero-order chi connectivity index (χ0) is 17.1. The molecular weight excluding hydrogens is 328 g/mol. The Balaban J connectivity index is 1.70. The fourth-order valence-electron chi connectivity index (χ4n) is 3.39. The number of β-lactam (4-membered cyclic amide) rings is 1. The Morgan fingerprint density at radius 2 is 2.12 bits per heavy atom. The maximum absolute atomic E-state index is 12.2. The number of nitrogens with zero attached hydrogens (tertiary/aromatic N) is 5. The quantitative estimate of drug-likeness (QED) is 0.778. The van der Waals surface area contributed by atoms with E-state index in [1.54, 1.807) is 33.5 Å². The number of fused-ring (bicyclic) bond motifs is 1. The molecule has 2 unspecified atom stereocenters. The summed E-state index contributed by atoms with van der Waals surface area (Å²) in [6, 6.07) is 6.36. The van der Waals surface area contributed by atoms with Gasteiger partial charge < -0.3 is 15.7 Å². The Bertz CT molecular complexity index is 807. The summed E-state index contributed by atoms with van der Waals surface area (Å²) in [6.07, 6.45) is 0. The molecule has 2 aliphatic heterocycles. The van der Waals surface area contributed by atoms with Gasteiger partial charge in [0.05, 0.1) is 6.54 Å². The lowest BCUT2D eigenvalue weighted by Gasteiger charge is -2.42. The number of para-hydroxylation sites is 1. The minimum Gasteiger partial charge on any atom is -0.508 e. The maximum atomic E-state index is 12.2. The van der Waals surface area contributed by atoms with Crippen molar-refractivity contribution in [1.29, 1.82) is 0 Å². The third kappa shape index (κ3) is 2.11. The molecule has 9 heteroatoms. The van der Waals surface area contributed by atoms with Crippen LogP contribution in [0.25, 0.3) is 0 Å². The number of tetrazole rings is 1. The summed E-state index contributed by atoms with van der Waals surface area (Å²) in [4.78, 5) is 14.0. The van der Waals surface area contributed by atoms with Gasteiger partial charge in [-0.15, -0.1) is 16.9 Å². The van der Waals surface area contributed by atoms with Gasteiger partial charge in [0.15, 0.2) is 5.82 Å². The van der Waals surface area contributed by atoms with Gasteiger partial charge in [-0.3, -0.25) is 4.79 Å². The van der Waals surface area contributed by atoms with Gasteiger partial charge in [-0.1, -0.05) is 18.2 Å². The van der Waals surface area contributed by atoms with Crippen LogP contribution in [0.4, 0.5) is 0 Å². The van der Waals surface area contributed by atoms with Gasteiger partial charge in [-0.05, 0) is 30.3 Å². The molecule has 4 rings (SSSR count). The van der Waals surface area contributed by atoms with Crippen molar-refractivity contribution in [3.05, 3.63) is 35.7 Å². The summed E-state index contributed by atoms with van der Waals surface area (Å²) in [5, 5.41) is 22.0. The molecule has 0 aliphatic carbocycles. The molecule has 1 aromatic carbocycles. The van der Waals surface area contributed by atoms with E-state index in [4.69, 9.17) is 5.73 Å². The van der Waals surface area contributed by atoms with E-state index >= 15 is 0 Å². The van der Waals surface area contributed by atoms with Crippen LogP contribution in [0.1, 0.15) is 31.3 Å². The molecule has 24 heavy (non-hydrogen) atoms. The van der Waals surface area contributed by atoms with Crippen molar-refractivity contribution in [1.82, 2.24) is 25.1 Å². The van der Waals surface area contributed by atoms with Crippen LogP contribution in [-0.4, -0.2) is 52.3 Å². The fraction of sp³-hybridized carbons (Fsp3) is 0.467. The number of phenols is 1. The predicted molar refractivity (Wildman–Crippen MR) is 88.0 cm³/mol. The molecule has 0 spiro atoms. The Kier molecular flexibility index (Phi) is 3.33. The molecule has 126 valence electrons. The van der Waals surface area contributed by atoms with Crippen LogP contribution in [-0.2, 0) is 11.3 Å². The number of rotatable bonds is 3. The number of aromatic nitrogens is 4. The van der Waals surface area contributed by atoms with Crippen molar-refractivity contribution in [3.63, 3.8) is 0 Å². The van der Waals surface area contributed by atoms with Gasteiger partial charge >= 0.3 is 0 Å². The molecule has 0 saturated carbocycles. The first-order valence-corrected chi connectivity index (χ1v) is 8.56. The van der Waals surface area contributed by atoms with E-state index in [9.17, 15) is 9.90 Å². The third-order valence-electron chi connectivity index (χ3n) is 4.60. The number of phenolic OH excluding ortho intramolecular Hbond substituents is 1. The highest BCUT2D eigenvalue weighted by Crippen LogP contribution is 2.56. The highest BCUT2D eigenvalue weighted by molar-refractivity contribution is 8.01. The second-order valence-corrected chi connectivity index (χ2v) is 8.38. The Labute approximate surface area is 143 Å². The molecule has 2 saturated heterocycles. The van der Waals surface area contributed by atoms with Crippen LogP contribution in [0.15, 0.2) is 24.3 Å². The molecule has 2 aromatic rings. The maximum Gasteiger partial charge on any atom is 0.244 e. The SMILES string of the molecule is CC1(C)S[C@@H]2C(N)C(=O)N2C1c1nnnn1Cc1ccccc1O. The minimum atomic E-state index is -0.457. The van der Waals surface area contributed by atoms with E-state index in [1.807, 2.05) is 12.1 Å². The summed E-state index contributed by atoms with van der Waals surface area (Å²) in [5.41, 5.74) is 6.64. The van der Waals surface area contributed by atoms with E-state index in [0.717, 1.165) is 5.56 Å². The van der Waals surface area contributed by atoms with Crippen molar-refractivity contribution in [3.8, 4) is 5.75 Å². The van der Waals surface area contributed by atoms with Crippen molar-refractivity contribution >= 4 is 17.7 Å². The normalized spacial score (nSPS) is 27.9. The molecule has 3 atom stereocenters. The molecule has 3 heterocycles. The predicted octanol–water partition coefficient (Wildman–Crippen LogP) is 0.489. The molecule has 1 aromatic heterocycles. The summed E-state index contributed by atoms with van der Waals surface area (Å²) >= 11 is 1.68. The molecule has 2 fully saturated rings. The number of carbonyl (C=O) groups excluding carboxylic acids is 1. The summed E-state index contributed by atoms with van der Waals surface area (Å²) < 4.78 is 1.39. The van der Waals surface area contributed by atoms with Crippen LogP contribution in [0, 0.1) is 0 Å². The van der Waals surface area contributed by atoms with E-state index in [-0.39, 0.29) is 27.8 Å². The first-order valence-electron chi connectivity index (χ1n) is 7.68. The lowest BCUT2D eigenvalue weighted by Crippen LogP contribution is -2.65. The average molecular weight is 346 g/mol. The molecule has 0 radical (unpaired) electrons. The van der Waals surface area contributed by atoms with Crippen LogP contribution >= 0.6 is 11.8 Å². The largest absolute Gasteiger partial charge is 0.508 e. The number of carbonyl (C=O) groups is 1. The molecular formula is C15H18N6O2S. The van der Waals surface area contributed by atoms with Gasteiger partial charge in [-0.25, -0.2) is 4.68 Å². The second-order valence-electron chi connectivity index (χ2n) is 6.61. The molecule has 1 amide bonds. The van der Waals surface area contributed by atoms with E-state index in [0.29, 0.717) is 12.4 Å². The molecule has 3 N–H and O–H groups in total. The van der Waals surface area contributed by atoms with Crippen LogP contribution in [0.2, 0.25) is 0 Å². The zero-order valence-electron chi connectivity index (χ0n) is 13.3. The number of nitrogens with two attached hydrogens (primary N) is 1. The van der Waals surface area contributed by atoms with Crippen molar-refractivity contribution in [2.45, 2.75) is 42.6 Å². The van der Waals surface area contributed by atoms with E-state index in [1.165, 1.54) is 0 Å². The van der Waals surface area contributed by atoms with Crippen LogP contribution in [0.5, 0.6) is 5.75 Å². The van der Waals surface area contributed by atoms with Crippen molar-refractivity contribution < 1.29 is 9.90 Å². The minimum absolute atomic E-state index is 0.0345. The number of hydrogen-bond donors (Lipinski definition) is 2. The smallest absolute Gasteiger partial charge is 0.244 e. The first-order chi connectivity index (χ1) is 11.4. The standard InChI is InChI=1S/C15H18N6O2S/c1-15(2)11(21-13(23)10(16)14(21)24-15)12-17-18-19-20(12)7-8-5-3-4-6-9(8)22/h3-6,10-11,14,22H,7,16H2,1-2H3/t10?,11?,14-/m1/s1. The summed E-state index contributed by atoms with van der Waals surface area (Å²) in [5.74, 6) is 0.734. The van der Waals surface area contributed by atoms with E-state index < -0.39 is 6.04 Å². The zero-order valence-corrected chi connectivity index (χ0v) is 14.1. The van der Waals surface area contributed by atoms with Crippen molar-refractivity contribution in [2.24, 2.45) is 5.73 Å². The number of benzene rings is 1. The lowest BCUT2D eigenvalue weighted by molar-refractivity contribution is -0.147. The van der Waals surface area contributed by atoms with E-state index in [2.05, 4.69) is 29.4 Å². The highest BCUT2D eigenvalue weighted by atomic mass is 32.2. The highest BCUT2D eigenvalue weighted by Gasteiger charge is 2.62. The van der Waals surface area contributed by atoms with Gasteiger partial charge in [0, 0.05) is 10.3 Å². The third-order valence-corrected chi connectivity index (χ3v) is 6.19. The Morgan fingerprint density at radius 3 is 2.88 bits per heavy atom. The Hall–Kier alpha value is -2.13. The van der Waals surface area contributed by atoms with Crippen LogP contribution < -0.4 is 5.73 Å². The number of aromatic hydroxyl groups is 1. The summed E-state index contributed by atoms with van der Waals surface area (Å²) in [6.45, 7) is 4.48. The monoisotopic (exact) mass is 346 g/mol. The molecule has 8 nitrogen and oxygen atoms in total. The fourth-order valence-corrected chi connectivity index (χ4v) is 4.96.